The van der Waals surface area contributed by atoms with Crippen molar-refractivity contribution in [2.75, 3.05) is 25.4 Å². The Bertz CT molecular complexity index is 687. The molecular weight excluding hydrogens is 479 g/mol. The van der Waals surface area contributed by atoms with E-state index in [2.05, 4.69) is 15.6 Å². The quantitative estimate of drug-likeness (QED) is 0.297. The summed E-state index contributed by atoms with van der Waals surface area (Å²) < 4.78 is 25.9. The van der Waals surface area contributed by atoms with Gasteiger partial charge in [-0.1, -0.05) is 19.1 Å². The first-order valence-electron chi connectivity index (χ1n) is 9.25. The second-order valence-corrected chi connectivity index (χ2v) is 8.58. The van der Waals surface area contributed by atoms with Gasteiger partial charge in [-0.25, -0.2) is 17.7 Å². The zero-order valence-electron chi connectivity index (χ0n) is 16.0. The topological polar surface area (TPSA) is 94.0 Å². The maximum absolute atomic E-state index is 12.2. The Morgan fingerprint density at radius 3 is 2.41 bits per heavy atom. The van der Waals surface area contributed by atoms with Crippen molar-refractivity contribution in [3.63, 3.8) is 0 Å². The molecule has 0 bridgehead atoms. The fourth-order valence-corrected chi connectivity index (χ4v) is 4.49. The summed E-state index contributed by atoms with van der Waals surface area (Å²) in [7, 11) is -3.11. The summed E-state index contributed by atoms with van der Waals surface area (Å²) in [4.78, 5) is 4.59. The van der Waals surface area contributed by atoms with E-state index in [-0.39, 0.29) is 41.5 Å². The highest BCUT2D eigenvalue weighted by Crippen LogP contribution is 2.15. The molecule has 0 aliphatic carbocycles. The molecular formula is C18H31IN4O3S. The summed E-state index contributed by atoms with van der Waals surface area (Å²) in [5, 5.41) is 16.0. The van der Waals surface area contributed by atoms with Crippen LogP contribution in [0.4, 0.5) is 0 Å². The van der Waals surface area contributed by atoms with Gasteiger partial charge in [0.2, 0.25) is 10.0 Å². The number of halogens is 1. The van der Waals surface area contributed by atoms with Crippen molar-refractivity contribution in [1.29, 1.82) is 0 Å². The Kier molecular flexibility index (Phi) is 10.4. The van der Waals surface area contributed by atoms with E-state index in [9.17, 15) is 13.5 Å². The Morgan fingerprint density at radius 1 is 1.22 bits per heavy atom. The Hall–Kier alpha value is -1.07. The van der Waals surface area contributed by atoms with Crippen molar-refractivity contribution in [3.8, 4) is 5.75 Å². The number of guanidine groups is 1. The molecule has 27 heavy (non-hydrogen) atoms. The predicted octanol–water partition coefficient (Wildman–Crippen LogP) is 2.27. The number of rotatable bonds is 7. The second-order valence-electron chi connectivity index (χ2n) is 6.50. The Labute approximate surface area is 179 Å². The van der Waals surface area contributed by atoms with Gasteiger partial charge < -0.3 is 15.7 Å². The third-order valence-electron chi connectivity index (χ3n) is 4.35. The number of hydrogen-bond donors (Lipinski definition) is 3. The van der Waals surface area contributed by atoms with Gasteiger partial charge in [-0.05, 0) is 43.9 Å². The van der Waals surface area contributed by atoms with Crippen LogP contribution in [0.15, 0.2) is 29.3 Å². The SMILES string of the molecule is CCCS(=O)(=O)N1CCC(NC(=NCc2ccc(O)cc2)NCC)CC1.I. The number of nitrogens with zero attached hydrogens (tertiary/aromatic N) is 2. The standard InChI is InChI=1S/C18H30N4O3S.HI/c1-3-13-26(24,25)22-11-9-16(10-12-22)21-18(19-4-2)20-14-15-5-7-17(23)8-6-15;/h5-8,16,23H,3-4,9-14H2,1-2H3,(H2,19,20,21);1H. The molecule has 9 heteroatoms. The lowest BCUT2D eigenvalue weighted by molar-refractivity contribution is 0.306. The van der Waals surface area contributed by atoms with Crippen LogP contribution < -0.4 is 10.6 Å². The van der Waals surface area contributed by atoms with E-state index in [1.807, 2.05) is 26.0 Å². The molecule has 154 valence electrons. The second kappa shape index (κ2) is 11.7. The molecule has 2 rings (SSSR count). The highest BCUT2D eigenvalue weighted by atomic mass is 127. The summed E-state index contributed by atoms with van der Waals surface area (Å²) in [6.45, 7) is 6.27. The van der Waals surface area contributed by atoms with Crippen LogP contribution in [0, 0.1) is 0 Å². The highest BCUT2D eigenvalue weighted by molar-refractivity contribution is 14.0. The van der Waals surface area contributed by atoms with Gasteiger partial charge in [0.1, 0.15) is 5.75 Å². The monoisotopic (exact) mass is 510 g/mol. The maximum atomic E-state index is 12.2. The smallest absolute Gasteiger partial charge is 0.214 e. The minimum Gasteiger partial charge on any atom is -0.508 e. The third-order valence-corrected chi connectivity index (χ3v) is 6.43. The average molecular weight is 510 g/mol. The molecule has 1 saturated heterocycles. The number of phenolic OH excluding ortho intramolecular Hbond substituents is 1. The minimum absolute atomic E-state index is 0. The molecule has 0 unspecified atom stereocenters. The fourth-order valence-electron chi connectivity index (χ4n) is 2.95. The van der Waals surface area contributed by atoms with Gasteiger partial charge in [-0.15, -0.1) is 24.0 Å². The molecule has 1 aromatic rings. The van der Waals surface area contributed by atoms with Gasteiger partial charge in [0.15, 0.2) is 5.96 Å². The third kappa shape index (κ3) is 7.82. The molecule has 1 aliphatic heterocycles. The van der Waals surface area contributed by atoms with Crippen molar-refractivity contribution in [3.05, 3.63) is 29.8 Å². The first kappa shape index (κ1) is 24.0. The van der Waals surface area contributed by atoms with Crippen LogP contribution in [0.1, 0.15) is 38.7 Å². The lowest BCUT2D eigenvalue weighted by atomic mass is 10.1. The highest BCUT2D eigenvalue weighted by Gasteiger charge is 2.27. The summed E-state index contributed by atoms with van der Waals surface area (Å²) in [6, 6.07) is 7.20. The molecule has 0 aromatic heterocycles. The van der Waals surface area contributed by atoms with Crippen molar-refractivity contribution < 1.29 is 13.5 Å². The maximum Gasteiger partial charge on any atom is 0.214 e. The van der Waals surface area contributed by atoms with Crippen LogP contribution in [0.2, 0.25) is 0 Å². The van der Waals surface area contributed by atoms with Gasteiger partial charge in [0.25, 0.3) is 0 Å². The molecule has 1 aromatic carbocycles. The molecule has 1 aliphatic rings. The lowest BCUT2D eigenvalue weighted by Gasteiger charge is -2.32. The number of sulfonamides is 1. The number of nitrogens with one attached hydrogen (secondary N) is 2. The van der Waals surface area contributed by atoms with E-state index >= 15 is 0 Å². The van der Waals surface area contributed by atoms with Gasteiger partial charge in [0, 0.05) is 25.7 Å². The molecule has 1 fully saturated rings. The molecule has 0 spiro atoms. The van der Waals surface area contributed by atoms with Crippen molar-refractivity contribution in [2.45, 2.75) is 45.7 Å². The van der Waals surface area contributed by atoms with Gasteiger partial charge in [0.05, 0.1) is 12.3 Å². The molecule has 0 saturated carbocycles. The number of piperidine rings is 1. The first-order chi connectivity index (χ1) is 12.4. The van der Waals surface area contributed by atoms with Gasteiger partial charge in [-0.2, -0.15) is 0 Å². The van der Waals surface area contributed by atoms with E-state index in [0.717, 1.165) is 30.9 Å². The van der Waals surface area contributed by atoms with Gasteiger partial charge in [-0.3, -0.25) is 0 Å². The van der Waals surface area contributed by atoms with E-state index in [4.69, 9.17) is 0 Å². The number of hydrogen-bond acceptors (Lipinski definition) is 4. The number of benzene rings is 1. The largest absolute Gasteiger partial charge is 0.508 e. The lowest BCUT2D eigenvalue weighted by Crippen LogP contribution is -2.50. The molecule has 0 radical (unpaired) electrons. The Balaban J connectivity index is 0.00000364. The number of aromatic hydroxyl groups is 1. The average Bonchev–Trinajstić information content (AvgIpc) is 2.62. The van der Waals surface area contributed by atoms with Crippen LogP contribution in [0.5, 0.6) is 5.75 Å². The zero-order valence-corrected chi connectivity index (χ0v) is 19.2. The Morgan fingerprint density at radius 2 is 1.85 bits per heavy atom. The molecule has 7 nitrogen and oxygen atoms in total. The van der Waals surface area contributed by atoms with E-state index in [1.165, 1.54) is 0 Å². The van der Waals surface area contributed by atoms with E-state index in [0.29, 0.717) is 26.1 Å². The van der Waals surface area contributed by atoms with Gasteiger partial charge >= 0.3 is 0 Å². The fraction of sp³-hybridized carbons (Fsp3) is 0.611. The van der Waals surface area contributed by atoms with Crippen molar-refractivity contribution in [2.24, 2.45) is 4.99 Å². The van der Waals surface area contributed by atoms with E-state index < -0.39 is 10.0 Å². The normalized spacial score (nSPS) is 16.6. The van der Waals surface area contributed by atoms with Crippen LogP contribution in [0.3, 0.4) is 0 Å². The van der Waals surface area contributed by atoms with E-state index in [1.54, 1.807) is 16.4 Å². The number of aliphatic imine (C=N–C) groups is 1. The van der Waals surface area contributed by atoms with Crippen LogP contribution in [0.25, 0.3) is 0 Å². The predicted molar refractivity (Wildman–Crippen MR) is 120 cm³/mol. The molecule has 0 amide bonds. The first-order valence-corrected chi connectivity index (χ1v) is 10.9. The number of phenols is 1. The summed E-state index contributed by atoms with van der Waals surface area (Å²) >= 11 is 0. The molecule has 3 N–H and O–H groups in total. The summed E-state index contributed by atoms with van der Waals surface area (Å²) in [5.41, 5.74) is 1.01. The molecule has 0 atom stereocenters. The van der Waals surface area contributed by atoms with Crippen LogP contribution in [-0.2, 0) is 16.6 Å². The van der Waals surface area contributed by atoms with Crippen molar-refractivity contribution >= 4 is 40.0 Å². The molecule has 1 heterocycles. The van der Waals surface area contributed by atoms with Crippen molar-refractivity contribution in [1.82, 2.24) is 14.9 Å². The summed E-state index contributed by atoms with van der Waals surface area (Å²) in [6.07, 6.45) is 2.19. The summed E-state index contributed by atoms with van der Waals surface area (Å²) in [5.74, 6) is 1.20. The minimum atomic E-state index is -3.11. The zero-order chi connectivity index (χ0) is 19.0. The van der Waals surface area contributed by atoms with Crippen LogP contribution >= 0.6 is 24.0 Å². The van der Waals surface area contributed by atoms with Crippen LogP contribution in [-0.4, -0.2) is 55.2 Å².